The maximum absolute atomic E-state index is 12.1. The number of amides is 3. The third-order valence-corrected chi connectivity index (χ3v) is 3.45. The zero-order valence-electron chi connectivity index (χ0n) is 15.3. The van der Waals surface area contributed by atoms with Gasteiger partial charge in [0.1, 0.15) is 0 Å². The molecule has 0 aliphatic carbocycles. The van der Waals surface area contributed by atoms with E-state index in [2.05, 4.69) is 10.6 Å². The third kappa shape index (κ3) is 14.0. The highest BCUT2D eigenvalue weighted by Crippen LogP contribution is 1.99. The highest BCUT2D eigenvalue weighted by atomic mass is 16.4. The molecule has 5 N–H and O–H groups in total. The molecular formula is C16H25N3O9. The second kappa shape index (κ2) is 13.9. The summed E-state index contributed by atoms with van der Waals surface area (Å²) in [5.74, 6) is -4.85. The summed E-state index contributed by atoms with van der Waals surface area (Å²) < 4.78 is 0. The molecule has 0 aromatic carbocycles. The first-order valence-electron chi connectivity index (χ1n) is 8.58. The van der Waals surface area contributed by atoms with E-state index >= 15 is 0 Å². The maximum Gasteiger partial charge on any atom is 0.303 e. The fourth-order valence-corrected chi connectivity index (χ4v) is 2.01. The van der Waals surface area contributed by atoms with E-state index in [0.29, 0.717) is 0 Å². The molecule has 0 saturated heterocycles. The average molecular weight is 403 g/mol. The van der Waals surface area contributed by atoms with Gasteiger partial charge in [0.15, 0.2) is 0 Å². The summed E-state index contributed by atoms with van der Waals surface area (Å²) in [6.45, 7) is 0.152. The van der Waals surface area contributed by atoms with Crippen LogP contribution < -0.4 is 10.6 Å². The van der Waals surface area contributed by atoms with E-state index < -0.39 is 35.6 Å². The highest BCUT2D eigenvalue weighted by Gasteiger charge is 2.16. The van der Waals surface area contributed by atoms with Crippen molar-refractivity contribution in [2.45, 2.75) is 38.5 Å². The Morgan fingerprint density at radius 3 is 1.29 bits per heavy atom. The Balaban J connectivity index is 4.45. The molecule has 0 fully saturated rings. The zero-order valence-corrected chi connectivity index (χ0v) is 15.3. The minimum absolute atomic E-state index is 0.0320. The summed E-state index contributed by atoms with van der Waals surface area (Å²) >= 11 is 0. The van der Waals surface area contributed by atoms with Crippen LogP contribution in [-0.2, 0) is 28.8 Å². The lowest BCUT2D eigenvalue weighted by molar-refractivity contribution is -0.141. The molecular weight excluding hydrogens is 378 g/mol. The van der Waals surface area contributed by atoms with Gasteiger partial charge in [0.25, 0.3) is 0 Å². The van der Waals surface area contributed by atoms with Crippen LogP contribution in [0.2, 0.25) is 0 Å². The molecule has 28 heavy (non-hydrogen) atoms. The van der Waals surface area contributed by atoms with Gasteiger partial charge in [-0.1, -0.05) is 0 Å². The number of aliphatic carboxylic acids is 3. The molecule has 0 atom stereocenters. The number of rotatable bonds is 15. The highest BCUT2D eigenvalue weighted by molar-refractivity contribution is 5.82. The van der Waals surface area contributed by atoms with Gasteiger partial charge in [-0.05, 0) is 0 Å². The zero-order chi connectivity index (χ0) is 21.5. The van der Waals surface area contributed by atoms with Gasteiger partial charge < -0.3 is 30.9 Å². The minimum Gasteiger partial charge on any atom is -0.481 e. The van der Waals surface area contributed by atoms with E-state index in [4.69, 9.17) is 15.3 Å². The van der Waals surface area contributed by atoms with Crippen molar-refractivity contribution < 1.29 is 44.1 Å². The Morgan fingerprint density at radius 1 is 0.571 bits per heavy atom. The van der Waals surface area contributed by atoms with Gasteiger partial charge >= 0.3 is 17.9 Å². The summed E-state index contributed by atoms with van der Waals surface area (Å²) in [7, 11) is 0. The molecule has 0 aliphatic rings. The third-order valence-electron chi connectivity index (χ3n) is 3.45. The average Bonchev–Trinajstić information content (AvgIpc) is 2.61. The van der Waals surface area contributed by atoms with Crippen LogP contribution in [0.5, 0.6) is 0 Å². The van der Waals surface area contributed by atoms with E-state index in [1.165, 1.54) is 4.90 Å². The summed E-state index contributed by atoms with van der Waals surface area (Å²) in [5.41, 5.74) is 0. The summed E-state index contributed by atoms with van der Waals surface area (Å²) in [6.07, 6.45) is -1.69. The van der Waals surface area contributed by atoms with Crippen LogP contribution >= 0.6 is 0 Å². The molecule has 0 heterocycles. The first kappa shape index (κ1) is 24.8. The molecule has 3 amide bonds. The van der Waals surface area contributed by atoms with E-state index in [-0.39, 0.29) is 64.7 Å². The summed E-state index contributed by atoms with van der Waals surface area (Å²) in [4.78, 5) is 67.8. The Labute approximate surface area is 160 Å². The molecule has 12 heteroatoms. The van der Waals surface area contributed by atoms with Crippen LogP contribution in [0.1, 0.15) is 38.5 Å². The van der Waals surface area contributed by atoms with Crippen molar-refractivity contribution in [1.82, 2.24) is 15.5 Å². The number of carbonyl (C=O) groups is 6. The van der Waals surface area contributed by atoms with Crippen molar-refractivity contribution in [2.75, 3.05) is 26.2 Å². The SMILES string of the molecule is O=C(O)CCC(=O)NCCN(CCNC(=O)CCC(=O)O)C(=O)CCC(=O)O. The van der Waals surface area contributed by atoms with Crippen molar-refractivity contribution in [1.29, 1.82) is 0 Å². The first-order valence-corrected chi connectivity index (χ1v) is 8.58. The van der Waals surface area contributed by atoms with Crippen LogP contribution in [0.3, 0.4) is 0 Å². The number of carbonyl (C=O) groups excluding carboxylic acids is 3. The molecule has 0 saturated carbocycles. The smallest absolute Gasteiger partial charge is 0.303 e. The molecule has 0 aromatic rings. The second-order valence-corrected chi connectivity index (χ2v) is 5.76. The lowest BCUT2D eigenvalue weighted by atomic mass is 10.2. The van der Waals surface area contributed by atoms with Crippen LogP contribution in [0.4, 0.5) is 0 Å². The molecule has 0 aliphatic heterocycles. The fourth-order valence-electron chi connectivity index (χ4n) is 2.01. The number of carboxylic acids is 3. The van der Waals surface area contributed by atoms with E-state index in [9.17, 15) is 28.8 Å². The molecule has 12 nitrogen and oxygen atoms in total. The number of nitrogens with one attached hydrogen (secondary N) is 2. The van der Waals surface area contributed by atoms with Crippen LogP contribution in [0.15, 0.2) is 0 Å². The van der Waals surface area contributed by atoms with Gasteiger partial charge in [-0.25, -0.2) is 0 Å². The summed E-state index contributed by atoms with van der Waals surface area (Å²) in [5, 5.41) is 30.6. The number of carboxylic acid groups (broad SMARTS) is 3. The van der Waals surface area contributed by atoms with E-state index in [1.54, 1.807) is 0 Å². The molecule has 0 rings (SSSR count). The summed E-state index contributed by atoms with van der Waals surface area (Å²) in [6, 6.07) is 0. The van der Waals surface area contributed by atoms with Gasteiger partial charge in [0.2, 0.25) is 17.7 Å². The van der Waals surface area contributed by atoms with E-state index in [0.717, 1.165) is 0 Å². The van der Waals surface area contributed by atoms with Gasteiger partial charge in [0.05, 0.1) is 19.3 Å². The van der Waals surface area contributed by atoms with Gasteiger partial charge in [0, 0.05) is 45.4 Å². The van der Waals surface area contributed by atoms with E-state index in [1.807, 2.05) is 0 Å². The normalized spacial score (nSPS) is 10.0. The lowest BCUT2D eigenvalue weighted by Crippen LogP contribution is -2.42. The largest absolute Gasteiger partial charge is 0.481 e. The van der Waals surface area contributed by atoms with Gasteiger partial charge in [-0.2, -0.15) is 0 Å². The van der Waals surface area contributed by atoms with Crippen molar-refractivity contribution in [3.8, 4) is 0 Å². The molecule has 0 spiro atoms. The number of nitrogens with zero attached hydrogens (tertiary/aromatic N) is 1. The topological polar surface area (TPSA) is 190 Å². The monoisotopic (exact) mass is 403 g/mol. The van der Waals surface area contributed by atoms with Crippen LogP contribution in [0.25, 0.3) is 0 Å². The molecule has 0 radical (unpaired) electrons. The quantitative estimate of drug-likeness (QED) is 0.220. The Bertz CT molecular complexity index is 556. The van der Waals surface area contributed by atoms with Crippen molar-refractivity contribution >= 4 is 35.6 Å². The standard InChI is InChI=1S/C16H25N3O9/c20-11(1-4-14(23)24)17-7-9-19(13(22)3-6-16(27)28)10-8-18-12(21)2-5-15(25)26/h1-10H2,(H,17,20)(H,18,21)(H,23,24)(H,25,26)(H,27,28). The predicted octanol–water partition coefficient (Wildman–Crippen LogP) is -1.36. The molecule has 0 unspecified atom stereocenters. The van der Waals surface area contributed by atoms with Gasteiger partial charge in [-0.3, -0.25) is 28.8 Å². The van der Waals surface area contributed by atoms with Crippen molar-refractivity contribution in [3.05, 3.63) is 0 Å². The van der Waals surface area contributed by atoms with Gasteiger partial charge in [-0.15, -0.1) is 0 Å². The molecule has 0 aromatic heterocycles. The Hall–Kier alpha value is -3.18. The number of hydrogen-bond acceptors (Lipinski definition) is 6. The van der Waals surface area contributed by atoms with Crippen molar-refractivity contribution in [3.63, 3.8) is 0 Å². The fraction of sp³-hybridized carbons (Fsp3) is 0.625. The minimum atomic E-state index is -1.14. The Kier molecular flexibility index (Phi) is 12.4. The molecule has 0 bridgehead atoms. The maximum atomic E-state index is 12.1. The van der Waals surface area contributed by atoms with Crippen LogP contribution in [0, 0.1) is 0 Å². The lowest BCUT2D eigenvalue weighted by Gasteiger charge is -2.23. The van der Waals surface area contributed by atoms with Crippen molar-refractivity contribution in [2.24, 2.45) is 0 Å². The first-order chi connectivity index (χ1) is 13.1. The Morgan fingerprint density at radius 2 is 0.929 bits per heavy atom. The number of hydrogen-bond donors (Lipinski definition) is 5. The predicted molar refractivity (Wildman–Crippen MR) is 93.2 cm³/mol. The van der Waals surface area contributed by atoms with Crippen LogP contribution in [-0.4, -0.2) is 82.0 Å². The second-order valence-electron chi connectivity index (χ2n) is 5.76. The molecule has 158 valence electrons.